The molecule has 0 radical (unpaired) electrons. The maximum atomic E-state index is 10.7. The molecule has 0 saturated heterocycles. The zero-order valence-corrected chi connectivity index (χ0v) is 9.53. The standard InChI is InChI=1S/C11H17N3O2/c1-14(2)6-5-13-8-3-4-9(11(15)16)10(12)7-8/h3-4,7,13H,5-6,12H2,1-2H3,(H,15,16). The lowest BCUT2D eigenvalue weighted by Crippen LogP contribution is -2.20. The highest BCUT2D eigenvalue weighted by atomic mass is 16.4. The van der Waals surface area contributed by atoms with E-state index in [1.807, 2.05) is 14.1 Å². The molecule has 0 heterocycles. The van der Waals surface area contributed by atoms with Gasteiger partial charge in [0.25, 0.3) is 0 Å². The number of nitrogen functional groups attached to an aromatic ring is 1. The molecule has 0 aliphatic heterocycles. The van der Waals surface area contributed by atoms with E-state index >= 15 is 0 Å². The second-order valence-electron chi connectivity index (χ2n) is 3.84. The van der Waals surface area contributed by atoms with E-state index in [9.17, 15) is 4.79 Å². The Morgan fingerprint density at radius 3 is 2.69 bits per heavy atom. The predicted octanol–water partition coefficient (Wildman–Crippen LogP) is 0.940. The molecule has 1 rings (SSSR count). The van der Waals surface area contributed by atoms with Crippen LogP contribution >= 0.6 is 0 Å². The van der Waals surface area contributed by atoms with Crippen molar-refractivity contribution in [2.75, 3.05) is 38.2 Å². The van der Waals surface area contributed by atoms with Crippen molar-refractivity contribution in [3.05, 3.63) is 23.8 Å². The number of benzene rings is 1. The van der Waals surface area contributed by atoms with Crippen LogP contribution in [0, 0.1) is 0 Å². The van der Waals surface area contributed by atoms with Crippen molar-refractivity contribution < 1.29 is 9.90 Å². The summed E-state index contributed by atoms with van der Waals surface area (Å²) in [7, 11) is 3.98. The summed E-state index contributed by atoms with van der Waals surface area (Å²) in [5.41, 5.74) is 6.88. The quantitative estimate of drug-likeness (QED) is 0.647. The van der Waals surface area contributed by atoms with Crippen LogP contribution in [0.5, 0.6) is 0 Å². The molecule has 88 valence electrons. The summed E-state index contributed by atoms with van der Waals surface area (Å²) in [6, 6.07) is 4.87. The normalized spacial score (nSPS) is 10.4. The van der Waals surface area contributed by atoms with E-state index in [-0.39, 0.29) is 11.3 Å². The molecule has 1 aromatic carbocycles. The summed E-state index contributed by atoms with van der Waals surface area (Å²) in [5, 5.41) is 12.0. The third-order valence-electron chi connectivity index (χ3n) is 2.17. The molecule has 0 amide bonds. The van der Waals surface area contributed by atoms with Gasteiger partial charge in [-0.25, -0.2) is 4.79 Å². The molecule has 0 aliphatic carbocycles. The lowest BCUT2D eigenvalue weighted by atomic mass is 10.1. The minimum absolute atomic E-state index is 0.137. The molecular formula is C11H17N3O2. The monoisotopic (exact) mass is 223 g/mol. The fourth-order valence-electron chi connectivity index (χ4n) is 1.29. The van der Waals surface area contributed by atoms with Crippen LogP contribution in [0.2, 0.25) is 0 Å². The fourth-order valence-corrected chi connectivity index (χ4v) is 1.29. The number of hydrogen-bond donors (Lipinski definition) is 3. The van der Waals surface area contributed by atoms with Crippen LogP contribution in [-0.4, -0.2) is 43.2 Å². The van der Waals surface area contributed by atoms with Gasteiger partial charge in [0.1, 0.15) is 0 Å². The Labute approximate surface area is 94.9 Å². The van der Waals surface area contributed by atoms with Gasteiger partial charge in [0, 0.05) is 24.5 Å². The summed E-state index contributed by atoms with van der Waals surface area (Å²) in [6.45, 7) is 1.69. The number of nitrogens with one attached hydrogen (secondary N) is 1. The second-order valence-corrected chi connectivity index (χ2v) is 3.84. The van der Waals surface area contributed by atoms with Gasteiger partial charge in [-0.05, 0) is 32.3 Å². The third kappa shape index (κ3) is 3.43. The lowest BCUT2D eigenvalue weighted by molar-refractivity contribution is 0.0698. The van der Waals surface area contributed by atoms with E-state index in [2.05, 4.69) is 10.2 Å². The first-order valence-electron chi connectivity index (χ1n) is 5.02. The van der Waals surface area contributed by atoms with Gasteiger partial charge in [-0.3, -0.25) is 0 Å². The Kier molecular flexibility index (Phi) is 4.13. The maximum Gasteiger partial charge on any atom is 0.337 e. The van der Waals surface area contributed by atoms with Crippen LogP contribution in [0.25, 0.3) is 0 Å². The van der Waals surface area contributed by atoms with Crippen LogP contribution in [0.1, 0.15) is 10.4 Å². The fraction of sp³-hybridized carbons (Fsp3) is 0.364. The Bertz CT molecular complexity index is 377. The number of carboxylic acids is 1. The van der Waals surface area contributed by atoms with Crippen molar-refractivity contribution in [2.45, 2.75) is 0 Å². The van der Waals surface area contributed by atoms with Crippen molar-refractivity contribution in [3.63, 3.8) is 0 Å². The van der Waals surface area contributed by atoms with Crippen LogP contribution in [0.4, 0.5) is 11.4 Å². The van der Waals surface area contributed by atoms with E-state index in [1.54, 1.807) is 12.1 Å². The number of anilines is 2. The minimum Gasteiger partial charge on any atom is -0.478 e. The highest BCUT2D eigenvalue weighted by molar-refractivity contribution is 5.94. The zero-order chi connectivity index (χ0) is 12.1. The molecule has 5 heteroatoms. The third-order valence-corrected chi connectivity index (χ3v) is 2.17. The SMILES string of the molecule is CN(C)CCNc1ccc(C(=O)O)c(N)c1. The summed E-state index contributed by atoms with van der Waals surface area (Å²) in [6.07, 6.45) is 0. The van der Waals surface area contributed by atoms with Crippen LogP contribution < -0.4 is 11.1 Å². The van der Waals surface area contributed by atoms with Gasteiger partial charge in [0.2, 0.25) is 0 Å². The van der Waals surface area contributed by atoms with Gasteiger partial charge in [-0.1, -0.05) is 0 Å². The van der Waals surface area contributed by atoms with Gasteiger partial charge in [-0.15, -0.1) is 0 Å². The molecule has 0 aromatic heterocycles. The van der Waals surface area contributed by atoms with Gasteiger partial charge < -0.3 is 21.1 Å². The number of nitrogens with zero attached hydrogens (tertiary/aromatic N) is 1. The van der Waals surface area contributed by atoms with E-state index in [0.29, 0.717) is 0 Å². The average molecular weight is 223 g/mol. The smallest absolute Gasteiger partial charge is 0.337 e. The molecule has 0 saturated carbocycles. The highest BCUT2D eigenvalue weighted by Gasteiger charge is 2.07. The van der Waals surface area contributed by atoms with E-state index in [1.165, 1.54) is 6.07 Å². The molecular weight excluding hydrogens is 206 g/mol. The summed E-state index contributed by atoms with van der Waals surface area (Å²) in [4.78, 5) is 12.8. The molecule has 0 bridgehead atoms. The first-order chi connectivity index (χ1) is 7.50. The zero-order valence-electron chi connectivity index (χ0n) is 9.53. The van der Waals surface area contributed by atoms with Gasteiger partial charge in [-0.2, -0.15) is 0 Å². The number of carbonyl (C=O) groups is 1. The first-order valence-corrected chi connectivity index (χ1v) is 5.02. The van der Waals surface area contributed by atoms with Crippen LogP contribution in [0.3, 0.4) is 0 Å². The van der Waals surface area contributed by atoms with Crippen LogP contribution in [-0.2, 0) is 0 Å². The Hall–Kier alpha value is -1.75. The van der Waals surface area contributed by atoms with E-state index in [4.69, 9.17) is 10.8 Å². The topological polar surface area (TPSA) is 78.6 Å². The Morgan fingerprint density at radius 1 is 1.50 bits per heavy atom. The van der Waals surface area contributed by atoms with Gasteiger partial charge in [0.15, 0.2) is 0 Å². The van der Waals surface area contributed by atoms with Crippen molar-refractivity contribution in [3.8, 4) is 0 Å². The molecule has 1 aromatic rings. The maximum absolute atomic E-state index is 10.7. The number of aromatic carboxylic acids is 1. The largest absolute Gasteiger partial charge is 0.478 e. The first kappa shape index (κ1) is 12.3. The number of carboxylic acid groups (broad SMARTS) is 1. The Morgan fingerprint density at radius 2 is 2.19 bits per heavy atom. The van der Waals surface area contributed by atoms with E-state index in [0.717, 1.165) is 18.8 Å². The number of nitrogens with two attached hydrogens (primary N) is 1. The van der Waals surface area contributed by atoms with Crippen molar-refractivity contribution in [1.29, 1.82) is 0 Å². The molecule has 0 spiro atoms. The molecule has 0 fully saturated rings. The molecule has 0 atom stereocenters. The molecule has 16 heavy (non-hydrogen) atoms. The van der Waals surface area contributed by atoms with Crippen molar-refractivity contribution in [2.24, 2.45) is 0 Å². The molecule has 0 unspecified atom stereocenters. The minimum atomic E-state index is -1.00. The van der Waals surface area contributed by atoms with Crippen LogP contribution in [0.15, 0.2) is 18.2 Å². The highest BCUT2D eigenvalue weighted by Crippen LogP contribution is 2.17. The van der Waals surface area contributed by atoms with Crippen molar-refractivity contribution in [1.82, 2.24) is 4.90 Å². The molecule has 0 aliphatic rings. The predicted molar refractivity (Wildman–Crippen MR) is 64.9 cm³/mol. The number of rotatable bonds is 5. The Balaban J connectivity index is 2.63. The number of hydrogen-bond acceptors (Lipinski definition) is 4. The second kappa shape index (κ2) is 5.37. The number of likely N-dealkylation sites (N-methyl/N-ethyl adjacent to an activating group) is 1. The van der Waals surface area contributed by atoms with Gasteiger partial charge in [0.05, 0.1) is 5.56 Å². The van der Waals surface area contributed by atoms with Crippen molar-refractivity contribution >= 4 is 17.3 Å². The van der Waals surface area contributed by atoms with Gasteiger partial charge >= 0.3 is 5.97 Å². The summed E-state index contributed by atoms with van der Waals surface area (Å²) in [5.74, 6) is -1.00. The lowest BCUT2D eigenvalue weighted by Gasteiger charge is -2.12. The molecule has 5 nitrogen and oxygen atoms in total. The summed E-state index contributed by atoms with van der Waals surface area (Å²) < 4.78 is 0. The molecule has 4 N–H and O–H groups in total. The summed E-state index contributed by atoms with van der Waals surface area (Å²) >= 11 is 0. The average Bonchev–Trinajstić information content (AvgIpc) is 2.16. The van der Waals surface area contributed by atoms with E-state index < -0.39 is 5.97 Å².